The van der Waals surface area contributed by atoms with Crippen LogP contribution in [0.3, 0.4) is 0 Å². The van der Waals surface area contributed by atoms with Gasteiger partial charge in [-0.05, 0) is 12.1 Å². The summed E-state index contributed by atoms with van der Waals surface area (Å²) >= 11 is 20.0. The molecule has 0 radical (unpaired) electrons. The third-order valence-electron chi connectivity index (χ3n) is 3.73. The first-order valence-corrected chi connectivity index (χ1v) is 16.9. The monoisotopic (exact) mass is 850 g/mol. The highest BCUT2D eigenvalue weighted by Crippen LogP contribution is 2.50. The second-order valence-corrected chi connectivity index (χ2v) is 13.9. The Kier molecular flexibility index (Phi) is 16.5. The fourth-order valence-electron chi connectivity index (χ4n) is 2.12. The summed E-state index contributed by atoms with van der Waals surface area (Å²) in [5.74, 6) is 0. The van der Waals surface area contributed by atoms with Crippen molar-refractivity contribution in [2.75, 3.05) is 47.3 Å². The second kappa shape index (κ2) is 16.9. The van der Waals surface area contributed by atoms with Gasteiger partial charge in [-0.15, -0.1) is 0 Å². The van der Waals surface area contributed by atoms with Crippen LogP contribution in [0.1, 0.15) is 0 Å². The molecular formula is C19H25Br6N2O4P. The fraction of sp³-hybridized carbons (Fsp3) is 0.474. The molecule has 0 spiro atoms. The Morgan fingerprint density at radius 1 is 0.688 bits per heavy atom. The van der Waals surface area contributed by atoms with E-state index in [2.05, 4.69) is 95.6 Å². The van der Waals surface area contributed by atoms with Crippen molar-refractivity contribution >= 4 is 126 Å². The van der Waals surface area contributed by atoms with Crippen LogP contribution in [0.2, 0.25) is 0 Å². The fourth-order valence-corrected chi connectivity index (χ4v) is 5.00. The molecule has 0 amide bonds. The molecule has 0 heterocycles. The van der Waals surface area contributed by atoms with E-state index in [9.17, 15) is 4.57 Å². The van der Waals surface area contributed by atoms with E-state index >= 15 is 0 Å². The highest BCUT2D eigenvalue weighted by Gasteiger charge is 2.29. The third-order valence-corrected chi connectivity index (χ3v) is 11.8. The maximum Gasteiger partial charge on any atom is 0.474 e. The van der Waals surface area contributed by atoms with Crippen molar-refractivity contribution in [1.29, 1.82) is 0 Å². The molecule has 0 fully saturated rings. The van der Waals surface area contributed by atoms with E-state index in [1.54, 1.807) is 0 Å². The summed E-state index contributed by atoms with van der Waals surface area (Å²) in [5, 5.41) is 4.09. The quantitative estimate of drug-likeness (QED) is 0.130. The number of alkyl halides is 6. The molecule has 3 atom stereocenters. The number of fused-ring (bicyclic) bond motifs is 1. The molecular weight excluding hydrogens is 831 g/mol. The van der Waals surface area contributed by atoms with Crippen molar-refractivity contribution in [2.45, 2.75) is 14.5 Å². The molecule has 32 heavy (non-hydrogen) atoms. The lowest BCUT2D eigenvalue weighted by atomic mass is 10.1. The summed E-state index contributed by atoms with van der Waals surface area (Å²) in [6, 6.07) is 11.5. The zero-order valence-electron chi connectivity index (χ0n) is 16.9. The van der Waals surface area contributed by atoms with E-state index in [0.29, 0.717) is 16.0 Å². The molecule has 2 aromatic rings. The maximum absolute atomic E-state index is 12.5. The van der Waals surface area contributed by atoms with Gasteiger partial charge in [-0.25, -0.2) is 4.57 Å². The van der Waals surface area contributed by atoms with Gasteiger partial charge in [0.05, 0.1) is 19.8 Å². The highest BCUT2D eigenvalue weighted by molar-refractivity contribution is 9.12. The number of hydrogen-bond donors (Lipinski definition) is 2. The van der Waals surface area contributed by atoms with Gasteiger partial charge < -0.3 is 11.5 Å². The number of halogens is 6. The van der Waals surface area contributed by atoms with Crippen LogP contribution in [0, 0.1) is 0 Å². The summed E-state index contributed by atoms with van der Waals surface area (Å²) in [7, 11) is -3.57. The number of phosphoric ester groups is 1. The van der Waals surface area contributed by atoms with Gasteiger partial charge in [0, 0.05) is 52.6 Å². The van der Waals surface area contributed by atoms with Crippen LogP contribution < -0.4 is 11.5 Å². The van der Waals surface area contributed by atoms with E-state index in [-0.39, 0.29) is 34.3 Å². The predicted molar refractivity (Wildman–Crippen MR) is 158 cm³/mol. The normalized spacial score (nSPS) is 15.9. The Balaban J connectivity index is 0.000000357. The topological polar surface area (TPSA) is 96.8 Å². The molecule has 0 aliphatic carbocycles. The number of anilines is 2. The molecule has 13 heteroatoms. The molecule has 2 aromatic carbocycles. The van der Waals surface area contributed by atoms with Gasteiger partial charge in [-0.3, -0.25) is 13.6 Å². The predicted octanol–water partition coefficient (Wildman–Crippen LogP) is 7.62. The molecule has 4 N–H and O–H groups in total. The standard InChI is InChI=1S/C10H10N2.C9H15Br6O4P/c11-9-5-1-3-7-8(9)4-2-6-10(7)12;10-1-7(13)4-17-20(16,18-5-8(14)2-11)19-6-9(15)3-12/h1-6H,11-12H2;7-9H,1-6H2. The molecule has 2 rings (SSSR count). The van der Waals surface area contributed by atoms with Gasteiger partial charge in [-0.2, -0.15) is 0 Å². The molecule has 0 aliphatic rings. The third kappa shape index (κ3) is 11.8. The molecule has 6 nitrogen and oxygen atoms in total. The molecule has 0 bridgehead atoms. The van der Waals surface area contributed by atoms with Crippen molar-refractivity contribution in [1.82, 2.24) is 0 Å². The van der Waals surface area contributed by atoms with Crippen LogP contribution in [-0.4, -0.2) is 50.3 Å². The van der Waals surface area contributed by atoms with E-state index in [1.165, 1.54) is 0 Å². The Labute approximate surface area is 239 Å². The van der Waals surface area contributed by atoms with E-state index in [4.69, 9.17) is 25.0 Å². The summed E-state index contributed by atoms with van der Waals surface area (Å²) in [6.45, 7) is 0.682. The smallest absolute Gasteiger partial charge is 0.398 e. The van der Waals surface area contributed by atoms with Crippen molar-refractivity contribution in [3.63, 3.8) is 0 Å². The first kappa shape index (κ1) is 31.3. The van der Waals surface area contributed by atoms with Crippen molar-refractivity contribution in [3.05, 3.63) is 36.4 Å². The Hall–Kier alpha value is 1.29. The van der Waals surface area contributed by atoms with Gasteiger partial charge in [0.25, 0.3) is 0 Å². The van der Waals surface area contributed by atoms with Gasteiger partial charge in [0.15, 0.2) is 0 Å². The molecule has 0 aliphatic heterocycles. The lowest BCUT2D eigenvalue weighted by molar-refractivity contribution is 0.118. The minimum absolute atomic E-state index is 0.0370. The van der Waals surface area contributed by atoms with Crippen molar-refractivity contribution in [2.24, 2.45) is 0 Å². The van der Waals surface area contributed by atoms with E-state index in [0.717, 1.165) is 22.1 Å². The van der Waals surface area contributed by atoms with Crippen LogP contribution in [0.5, 0.6) is 0 Å². The van der Waals surface area contributed by atoms with Crippen LogP contribution in [-0.2, 0) is 18.1 Å². The number of rotatable bonds is 12. The maximum atomic E-state index is 12.5. The van der Waals surface area contributed by atoms with Crippen molar-refractivity contribution in [3.8, 4) is 0 Å². The molecule has 182 valence electrons. The zero-order valence-corrected chi connectivity index (χ0v) is 27.4. The number of hydrogen-bond acceptors (Lipinski definition) is 6. The van der Waals surface area contributed by atoms with Crippen LogP contribution in [0.4, 0.5) is 11.4 Å². The molecule has 0 saturated carbocycles. The summed E-state index contributed by atoms with van der Waals surface area (Å²) in [5.41, 5.74) is 13.1. The van der Waals surface area contributed by atoms with Crippen molar-refractivity contribution < 1.29 is 18.1 Å². The Morgan fingerprint density at radius 3 is 1.28 bits per heavy atom. The average Bonchev–Trinajstić information content (AvgIpc) is 2.80. The second-order valence-electron chi connectivity index (χ2n) is 6.38. The largest absolute Gasteiger partial charge is 0.474 e. The van der Waals surface area contributed by atoms with Crippen LogP contribution in [0.25, 0.3) is 10.8 Å². The number of nitrogen functional groups attached to an aromatic ring is 2. The van der Waals surface area contributed by atoms with E-state index in [1.807, 2.05) is 36.4 Å². The van der Waals surface area contributed by atoms with Gasteiger partial charge >= 0.3 is 7.82 Å². The van der Waals surface area contributed by atoms with Crippen LogP contribution >= 0.6 is 103 Å². The number of benzene rings is 2. The van der Waals surface area contributed by atoms with Gasteiger partial charge in [0.2, 0.25) is 0 Å². The highest BCUT2D eigenvalue weighted by atomic mass is 79.9. The lowest BCUT2D eigenvalue weighted by Crippen LogP contribution is -2.17. The first-order valence-electron chi connectivity index (χ1n) is 9.32. The Morgan fingerprint density at radius 2 is 1.00 bits per heavy atom. The average molecular weight is 856 g/mol. The molecule has 0 saturated heterocycles. The summed E-state index contributed by atoms with van der Waals surface area (Å²) in [6.07, 6.45) is 0. The molecule has 3 unspecified atom stereocenters. The van der Waals surface area contributed by atoms with E-state index < -0.39 is 7.82 Å². The minimum Gasteiger partial charge on any atom is -0.398 e. The first-order chi connectivity index (χ1) is 15.2. The number of phosphoric acid groups is 1. The lowest BCUT2D eigenvalue weighted by Gasteiger charge is -2.21. The van der Waals surface area contributed by atoms with Gasteiger partial charge in [-0.1, -0.05) is 120 Å². The summed E-state index contributed by atoms with van der Waals surface area (Å²) < 4.78 is 28.5. The Bertz CT molecular complexity index is 782. The number of nitrogens with two attached hydrogens (primary N) is 2. The summed E-state index contributed by atoms with van der Waals surface area (Å²) in [4.78, 5) is 0.111. The minimum atomic E-state index is -3.57. The molecule has 0 aromatic heterocycles. The van der Waals surface area contributed by atoms with Crippen LogP contribution in [0.15, 0.2) is 36.4 Å². The van der Waals surface area contributed by atoms with Gasteiger partial charge in [0.1, 0.15) is 0 Å². The SMILES string of the molecule is Nc1cccc2c(N)cccc12.O=P(OCC(Br)CBr)(OCC(Br)CBr)OCC(Br)CBr. The zero-order chi connectivity index (χ0) is 24.1.